The number of halogens is 1. The summed E-state index contributed by atoms with van der Waals surface area (Å²) in [5, 5.41) is 14.3. The van der Waals surface area contributed by atoms with Gasteiger partial charge in [0.25, 0.3) is 5.78 Å². The maximum atomic E-state index is 9.36. The summed E-state index contributed by atoms with van der Waals surface area (Å²) in [6, 6.07) is 9.70. The lowest BCUT2D eigenvalue weighted by molar-refractivity contribution is 0.638. The van der Waals surface area contributed by atoms with Gasteiger partial charge in [-0.05, 0) is 19.1 Å². The summed E-state index contributed by atoms with van der Waals surface area (Å²) >= 11 is 6.34. The van der Waals surface area contributed by atoms with Crippen LogP contribution in [0.1, 0.15) is 11.3 Å². The van der Waals surface area contributed by atoms with Crippen LogP contribution in [0.3, 0.4) is 0 Å². The van der Waals surface area contributed by atoms with E-state index in [0.717, 1.165) is 43.4 Å². The Balaban J connectivity index is 1.60. The molecule has 1 fully saturated rings. The molecule has 4 rings (SSSR count). The molecule has 126 valence electrons. The van der Waals surface area contributed by atoms with Crippen molar-refractivity contribution in [3.8, 4) is 6.07 Å². The van der Waals surface area contributed by atoms with Crippen molar-refractivity contribution in [3.05, 3.63) is 46.9 Å². The van der Waals surface area contributed by atoms with Gasteiger partial charge in [0.05, 0.1) is 16.3 Å². The summed E-state index contributed by atoms with van der Waals surface area (Å²) in [6.45, 7) is 5.10. The van der Waals surface area contributed by atoms with Crippen LogP contribution in [0.4, 0.5) is 11.5 Å². The van der Waals surface area contributed by atoms with Crippen molar-refractivity contribution in [2.75, 3.05) is 36.0 Å². The second-order valence-corrected chi connectivity index (χ2v) is 6.36. The van der Waals surface area contributed by atoms with E-state index in [9.17, 15) is 5.26 Å². The molecule has 7 nitrogen and oxygen atoms in total. The van der Waals surface area contributed by atoms with Crippen molar-refractivity contribution in [3.63, 3.8) is 0 Å². The Hall–Kier alpha value is -2.85. The molecule has 0 amide bonds. The van der Waals surface area contributed by atoms with Gasteiger partial charge in [-0.2, -0.15) is 19.9 Å². The van der Waals surface area contributed by atoms with E-state index in [2.05, 4.69) is 30.9 Å². The number of piperazine rings is 1. The van der Waals surface area contributed by atoms with Gasteiger partial charge in [-0.15, -0.1) is 0 Å². The second-order valence-electron chi connectivity index (χ2n) is 5.95. The first-order chi connectivity index (χ1) is 12.2. The Morgan fingerprint density at radius 1 is 1.16 bits per heavy atom. The molecule has 3 heterocycles. The minimum Gasteiger partial charge on any atom is -0.366 e. The smallest absolute Gasteiger partial charge is 0.254 e. The molecule has 2 aromatic heterocycles. The van der Waals surface area contributed by atoms with E-state index in [4.69, 9.17) is 11.6 Å². The van der Waals surface area contributed by atoms with Gasteiger partial charge in [0, 0.05) is 37.9 Å². The van der Waals surface area contributed by atoms with Crippen molar-refractivity contribution in [1.29, 1.82) is 5.26 Å². The molecule has 0 saturated carbocycles. The van der Waals surface area contributed by atoms with E-state index in [1.807, 2.05) is 25.1 Å². The average molecular weight is 354 g/mol. The van der Waals surface area contributed by atoms with Crippen LogP contribution in [0, 0.1) is 18.3 Å². The summed E-state index contributed by atoms with van der Waals surface area (Å²) in [4.78, 5) is 13.0. The summed E-state index contributed by atoms with van der Waals surface area (Å²) in [6.07, 6.45) is 1.52. The van der Waals surface area contributed by atoms with Crippen LogP contribution in [0.25, 0.3) is 5.78 Å². The molecule has 25 heavy (non-hydrogen) atoms. The van der Waals surface area contributed by atoms with Gasteiger partial charge in [-0.25, -0.2) is 4.98 Å². The third kappa shape index (κ3) is 2.75. The Morgan fingerprint density at radius 3 is 2.68 bits per heavy atom. The normalized spacial score (nSPS) is 14.8. The van der Waals surface area contributed by atoms with Crippen LogP contribution >= 0.6 is 11.6 Å². The summed E-state index contributed by atoms with van der Waals surface area (Å²) < 4.78 is 1.76. The molecule has 8 heteroatoms. The predicted molar refractivity (Wildman–Crippen MR) is 96.1 cm³/mol. The van der Waals surface area contributed by atoms with E-state index >= 15 is 0 Å². The summed E-state index contributed by atoms with van der Waals surface area (Å²) in [5.41, 5.74) is 2.35. The van der Waals surface area contributed by atoms with Crippen molar-refractivity contribution in [1.82, 2.24) is 19.6 Å². The zero-order valence-corrected chi connectivity index (χ0v) is 14.5. The Kier molecular flexibility index (Phi) is 3.90. The van der Waals surface area contributed by atoms with Crippen molar-refractivity contribution in [2.45, 2.75) is 6.92 Å². The maximum absolute atomic E-state index is 9.36. The monoisotopic (exact) mass is 353 g/mol. The van der Waals surface area contributed by atoms with E-state index < -0.39 is 0 Å². The molecule has 1 aliphatic heterocycles. The van der Waals surface area contributed by atoms with Gasteiger partial charge in [0.1, 0.15) is 18.2 Å². The quantitative estimate of drug-likeness (QED) is 0.703. The highest BCUT2D eigenvalue weighted by molar-refractivity contribution is 6.33. The second kappa shape index (κ2) is 6.22. The number of aryl methyl sites for hydroxylation is 1. The number of nitriles is 1. The highest BCUT2D eigenvalue weighted by Gasteiger charge is 2.23. The van der Waals surface area contributed by atoms with Crippen molar-refractivity contribution in [2.24, 2.45) is 0 Å². The molecular formula is C17H16ClN7. The number of hydrogen-bond acceptors (Lipinski definition) is 6. The highest BCUT2D eigenvalue weighted by atomic mass is 35.5. The molecule has 0 unspecified atom stereocenters. The third-order valence-electron chi connectivity index (χ3n) is 4.39. The first-order valence-electron chi connectivity index (χ1n) is 8.03. The number of nitrogens with zero attached hydrogens (tertiary/aromatic N) is 7. The van der Waals surface area contributed by atoms with Crippen LogP contribution in [0.5, 0.6) is 0 Å². The maximum Gasteiger partial charge on any atom is 0.254 e. The van der Waals surface area contributed by atoms with E-state index in [1.165, 1.54) is 6.33 Å². The zero-order valence-electron chi connectivity index (χ0n) is 13.7. The van der Waals surface area contributed by atoms with E-state index in [0.29, 0.717) is 16.4 Å². The van der Waals surface area contributed by atoms with Gasteiger partial charge in [-0.3, -0.25) is 0 Å². The van der Waals surface area contributed by atoms with Crippen LogP contribution in [0.15, 0.2) is 30.6 Å². The molecule has 0 bridgehead atoms. The summed E-state index contributed by atoms with van der Waals surface area (Å²) in [5.74, 6) is 1.59. The summed E-state index contributed by atoms with van der Waals surface area (Å²) in [7, 11) is 0. The fraction of sp³-hybridized carbons (Fsp3) is 0.294. The van der Waals surface area contributed by atoms with Crippen molar-refractivity contribution >= 4 is 28.9 Å². The van der Waals surface area contributed by atoms with E-state index in [1.54, 1.807) is 10.6 Å². The number of hydrogen-bond donors (Lipinski definition) is 0. The van der Waals surface area contributed by atoms with E-state index in [-0.39, 0.29) is 0 Å². The first kappa shape index (κ1) is 15.7. The zero-order chi connectivity index (χ0) is 17.4. The molecule has 3 aromatic rings. The van der Waals surface area contributed by atoms with Crippen LogP contribution in [0.2, 0.25) is 5.02 Å². The van der Waals surface area contributed by atoms with Crippen molar-refractivity contribution < 1.29 is 0 Å². The lowest BCUT2D eigenvalue weighted by atomic mass is 10.1. The van der Waals surface area contributed by atoms with Gasteiger partial charge in [-0.1, -0.05) is 17.7 Å². The number of para-hydroxylation sites is 1. The fourth-order valence-electron chi connectivity index (χ4n) is 3.22. The van der Waals surface area contributed by atoms with Gasteiger partial charge in [0.2, 0.25) is 0 Å². The number of aromatic nitrogens is 4. The Labute approximate surface area is 150 Å². The minimum absolute atomic E-state index is 0.607. The van der Waals surface area contributed by atoms with Crippen LogP contribution in [-0.2, 0) is 0 Å². The van der Waals surface area contributed by atoms with Gasteiger partial charge >= 0.3 is 0 Å². The molecule has 0 spiro atoms. The molecule has 1 aliphatic rings. The topological polar surface area (TPSA) is 73.3 Å². The molecule has 1 aromatic carbocycles. The largest absolute Gasteiger partial charge is 0.366 e. The Bertz CT molecular complexity index is 967. The lowest BCUT2D eigenvalue weighted by Gasteiger charge is -2.37. The fourth-order valence-corrected chi connectivity index (χ4v) is 3.52. The molecule has 0 N–H and O–H groups in total. The predicted octanol–water partition coefficient (Wildman–Crippen LogP) is 2.28. The van der Waals surface area contributed by atoms with Crippen LogP contribution in [-0.4, -0.2) is 45.8 Å². The molecule has 1 saturated heterocycles. The number of anilines is 2. The van der Waals surface area contributed by atoms with Gasteiger partial charge in [0.15, 0.2) is 0 Å². The van der Waals surface area contributed by atoms with Gasteiger partial charge < -0.3 is 9.80 Å². The van der Waals surface area contributed by atoms with Crippen LogP contribution < -0.4 is 9.80 Å². The number of benzene rings is 1. The SMILES string of the molecule is Cc1cc(N2CCN(c3c(Cl)cccc3C#N)CC2)n2ncnc2n1. The number of rotatable bonds is 2. The minimum atomic E-state index is 0.607. The number of fused-ring (bicyclic) bond motifs is 1. The highest BCUT2D eigenvalue weighted by Crippen LogP contribution is 2.31. The first-order valence-corrected chi connectivity index (χ1v) is 8.41. The molecular weight excluding hydrogens is 338 g/mol. The average Bonchev–Trinajstić information content (AvgIpc) is 3.09. The Morgan fingerprint density at radius 2 is 1.92 bits per heavy atom. The standard InChI is InChI=1S/C17H16ClN7/c1-12-9-15(25-17(22-12)20-11-21-25)23-5-7-24(8-6-23)16-13(10-19)3-2-4-14(16)18/h2-4,9,11H,5-8H2,1H3. The third-order valence-corrected chi connectivity index (χ3v) is 4.69. The molecule has 0 atom stereocenters. The molecule has 0 aliphatic carbocycles. The lowest BCUT2D eigenvalue weighted by Crippen LogP contribution is -2.47. The molecule has 0 radical (unpaired) electrons.